The van der Waals surface area contributed by atoms with Gasteiger partial charge in [-0.25, -0.2) is 0 Å². The first-order chi connectivity index (χ1) is 13.2. The lowest BCUT2D eigenvalue weighted by atomic mass is 9.94. The number of hydrogen-bond acceptors (Lipinski definition) is 3. The molecule has 3 heterocycles. The smallest absolute Gasteiger partial charge is 0.251 e. The molecule has 1 amide bonds. The predicted octanol–water partition coefficient (Wildman–Crippen LogP) is 4.96. The Bertz CT molecular complexity index is 811. The van der Waals surface area contributed by atoms with E-state index in [0.717, 1.165) is 30.7 Å². The van der Waals surface area contributed by atoms with Crippen molar-refractivity contribution in [1.29, 1.82) is 0 Å². The Labute approximate surface area is 168 Å². The summed E-state index contributed by atoms with van der Waals surface area (Å²) in [4.78, 5) is 14.6. The molecule has 2 aromatic rings. The lowest BCUT2D eigenvalue weighted by Gasteiger charge is -2.36. The van der Waals surface area contributed by atoms with Crippen LogP contribution in [0.4, 0.5) is 0 Å². The maximum Gasteiger partial charge on any atom is 0.251 e. The molecule has 27 heavy (non-hydrogen) atoms. The van der Waals surface area contributed by atoms with Gasteiger partial charge in [0.2, 0.25) is 0 Å². The zero-order valence-corrected chi connectivity index (χ0v) is 17.2. The zero-order valence-electron chi connectivity index (χ0n) is 15.6. The number of rotatable bonds is 5. The van der Waals surface area contributed by atoms with Crippen molar-refractivity contribution in [3.05, 3.63) is 65.1 Å². The van der Waals surface area contributed by atoms with E-state index in [1.807, 2.05) is 37.3 Å². The van der Waals surface area contributed by atoms with Crippen LogP contribution in [0, 0.1) is 0 Å². The van der Waals surface area contributed by atoms with E-state index in [0.29, 0.717) is 24.2 Å². The largest absolute Gasteiger partial charge is 0.468 e. The Morgan fingerprint density at radius 3 is 2.41 bits per heavy atom. The van der Waals surface area contributed by atoms with E-state index < -0.39 is 0 Å². The standard InChI is InChI=1S/C22H25BrN2O2/c1-2-24-22(26)16-7-5-15(6-8-16)21(23)17-12-18-9-10-19(13-17)25(18)14-20-4-3-11-27-20/h3-8,11,18-19H,2,9-10,12-14H2,1H3,(H,24,26). The highest BCUT2D eigenvalue weighted by molar-refractivity contribution is 9.15. The molecule has 2 saturated heterocycles. The molecule has 2 atom stereocenters. The molecule has 0 radical (unpaired) electrons. The van der Waals surface area contributed by atoms with Crippen LogP contribution in [0.5, 0.6) is 0 Å². The first kappa shape index (κ1) is 18.5. The second kappa shape index (κ2) is 8.03. The minimum absolute atomic E-state index is 0.0166. The van der Waals surface area contributed by atoms with E-state index in [9.17, 15) is 4.79 Å². The molecule has 0 saturated carbocycles. The van der Waals surface area contributed by atoms with Gasteiger partial charge in [0.05, 0.1) is 12.8 Å². The molecule has 2 aliphatic rings. The summed E-state index contributed by atoms with van der Waals surface area (Å²) in [5, 5.41) is 2.84. The molecule has 2 bridgehead atoms. The van der Waals surface area contributed by atoms with Gasteiger partial charge in [0.25, 0.3) is 5.91 Å². The number of carbonyl (C=O) groups excluding carboxylic acids is 1. The predicted molar refractivity (Wildman–Crippen MR) is 111 cm³/mol. The molecule has 4 nitrogen and oxygen atoms in total. The van der Waals surface area contributed by atoms with Crippen LogP contribution in [0.3, 0.4) is 0 Å². The van der Waals surface area contributed by atoms with Gasteiger partial charge in [0, 0.05) is 28.7 Å². The van der Waals surface area contributed by atoms with Crippen LogP contribution in [0.25, 0.3) is 4.48 Å². The van der Waals surface area contributed by atoms with Crippen LogP contribution in [0.15, 0.2) is 52.7 Å². The molecule has 2 aliphatic heterocycles. The Morgan fingerprint density at radius 1 is 1.15 bits per heavy atom. The maximum absolute atomic E-state index is 11.9. The first-order valence-corrected chi connectivity index (χ1v) is 10.5. The van der Waals surface area contributed by atoms with E-state index >= 15 is 0 Å². The van der Waals surface area contributed by atoms with Crippen LogP contribution < -0.4 is 5.32 Å². The van der Waals surface area contributed by atoms with E-state index in [-0.39, 0.29) is 5.91 Å². The fraction of sp³-hybridized carbons (Fsp3) is 0.409. The molecular formula is C22H25BrN2O2. The number of amides is 1. The third-order valence-electron chi connectivity index (χ3n) is 5.70. The normalized spacial score (nSPS) is 22.1. The van der Waals surface area contributed by atoms with Gasteiger partial charge in [-0.2, -0.15) is 0 Å². The van der Waals surface area contributed by atoms with Crippen molar-refractivity contribution >= 4 is 26.3 Å². The Kier molecular flexibility index (Phi) is 5.50. The van der Waals surface area contributed by atoms with E-state index in [1.54, 1.807) is 6.26 Å². The maximum atomic E-state index is 11.9. The second-order valence-corrected chi connectivity index (χ2v) is 8.19. The number of halogens is 1. The fourth-order valence-corrected chi connectivity index (χ4v) is 4.95. The Hall–Kier alpha value is -1.85. The molecular weight excluding hydrogens is 404 g/mol. The molecule has 2 fully saturated rings. The van der Waals surface area contributed by atoms with Crippen LogP contribution >= 0.6 is 15.9 Å². The summed E-state index contributed by atoms with van der Waals surface area (Å²) < 4.78 is 6.75. The Morgan fingerprint density at radius 2 is 1.81 bits per heavy atom. The number of fused-ring (bicyclic) bond motifs is 2. The van der Waals surface area contributed by atoms with Gasteiger partial charge >= 0.3 is 0 Å². The SMILES string of the molecule is CCNC(=O)c1ccc(C(Br)=C2CC3CCC(C2)N3Cc2ccco2)cc1. The second-order valence-electron chi connectivity index (χ2n) is 7.40. The molecule has 0 aliphatic carbocycles. The molecule has 0 spiro atoms. The number of hydrogen-bond donors (Lipinski definition) is 1. The quantitative estimate of drug-likeness (QED) is 0.731. The average molecular weight is 429 g/mol. The van der Waals surface area contributed by atoms with Gasteiger partial charge in [-0.15, -0.1) is 0 Å². The summed E-state index contributed by atoms with van der Waals surface area (Å²) in [7, 11) is 0. The number of benzene rings is 1. The number of nitrogens with zero attached hydrogens (tertiary/aromatic N) is 1. The molecule has 1 N–H and O–H groups in total. The summed E-state index contributed by atoms with van der Waals surface area (Å²) in [6, 6.07) is 13.1. The topological polar surface area (TPSA) is 45.5 Å². The monoisotopic (exact) mass is 428 g/mol. The summed E-state index contributed by atoms with van der Waals surface area (Å²) >= 11 is 3.85. The van der Waals surface area contributed by atoms with Gasteiger partial charge in [0.15, 0.2) is 0 Å². The van der Waals surface area contributed by atoms with Gasteiger partial charge in [-0.1, -0.05) is 33.6 Å². The lowest BCUT2D eigenvalue weighted by molar-refractivity contribution is 0.0956. The fourth-order valence-electron chi connectivity index (χ4n) is 4.36. The Balaban J connectivity index is 1.49. The highest BCUT2D eigenvalue weighted by Gasteiger charge is 2.39. The molecule has 5 heteroatoms. The molecule has 1 aromatic heterocycles. The molecule has 4 rings (SSSR count). The van der Waals surface area contributed by atoms with Crippen LogP contribution in [0.1, 0.15) is 54.3 Å². The number of nitrogens with one attached hydrogen (secondary N) is 1. The lowest BCUT2D eigenvalue weighted by Crippen LogP contribution is -2.39. The minimum Gasteiger partial charge on any atom is -0.468 e. The van der Waals surface area contributed by atoms with Crippen LogP contribution in [0.2, 0.25) is 0 Å². The summed E-state index contributed by atoms with van der Waals surface area (Å²) in [5.41, 5.74) is 3.35. The van der Waals surface area contributed by atoms with E-state index in [1.165, 1.54) is 22.9 Å². The van der Waals surface area contributed by atoms with E-state index in [4.69, 9.17) is 4.42 Å². The summed E-state index contributed by atoms with van der Waals surface area (Å²) in [5.74, 6) is 1.04. The van der Waals surface area contributed by atoms with Crippen molar-refractivity contribution < 1.29 is 9.21 Å². The van der Waals surface area contributed by atoms with Crippen LogP contribution in [-0.2, 0) is 6.54 Å². The number of piperidine rings is 1. The van der Waals surface area contributed by atoms with Gasteiger partial charge in [-0.3, -0.25) is 9.69 Å². The van der Waals surface area contributed by atoms with Gasteiger partial charge in [-0.05, 0) is 62.4 Å². The highest BCUT2D eigenvalue weighted by atomic mass is 79.9. The van der Waals surface area contributed by atoms with Crippen molar-refractivity contribution in [3.8, 4) is 0 Å². The van der Waals surface area contributed by atoms with Crippen LogP contribution in [-0.4, -0.2) is 29.4 Å². The molecule has 2 unspecified atom stereocenters. The van der Waals surface area contributed by atoms with Crippen molar-refractivity contribution in [2.45, 2.75) is 51.2 Å². The molecule has 1 aromatic carbocycles. The summed E-state index contributed by atoms with van der Waals surface area (Å²) in [6.07, 6.45) is 6.45. The average Bonchev–Trinajstić information content (AvgIpc) is 3.27. The summed E-state index contributed by atoms with van der Waals surface area (Å²) in [6.45, 7) is 3.49. The zero-order chi connectivity index (χ0) is 18.8. The third kappa shape index (κ3) is 3.90. The first-order valence-electron chi connectivity index (χ1n) is 9.70. The minimum atomic E-state index is -0.0166. The van der Waals surface area contributed by atoms with Crippen molar-refractivity contribution in [1.82, 2.24) is 10.2 Å². The third-order valence-corrected chi connectivity index (χ3v) is 6.72. The number of carbonyl (C=O) groups is 1. The molecule has 142 valence electrons. The number of furan rings is 1. The highest BCUT2D eigenvalue weighted by Crippen LogP contribution is 2.43. The van der Waals surface area contributed by atoms with Crippen molar-refractivity contribution in [2.75, 3.05) is 6.54 Å². The van der Waals surface area contributed by atoms with Crippen molar-refractivity contribution in [3.63, 3.8) is 0 Å². The van der Waals surface area contributed by atoms with E-state index in [2.05, 4.69) is 32.2 Å². The van der Waals surface area contributed by atoms with Crippen molar-refractivity contribution in [2.24, 2.45) is 0 Å². The van der Waals surface area contributed by atoms with Gasteiger partial charge in [0.1, 0.15) is 5.76 Å². The van der Waals surface area contributed by atoms with Gasteiger partial charge < -0.3 is 9.73 Å².